The lowest BCUT2D eigenvalue weighted by molar-refractivity contribution is 0.266. The zero-order valence-corrected chi connectivity index (χ0v) is 16.0. The first-order valence-corrected chi connectivity index (χ1v) is 10.8. The number of nitrogens with zero attached hydrogens (tertiary/aromatic N) is 1. The highest BCUT2D eigenvalue weighted by atomic mass is 15.1. The number of hydrogen-bond acceptors (Lipinski definition) is 5. The van der Waals surface area contributed by atoms with Crippen LogP contribution in [0.15, 0.2) is 18.2 Å². The van der Waals surface area contributed by atoms with Crippen LogP contribution in [-0.4, -0.2) is 42.2 Å². The van der Waals surface area contributed by atoms with Gasteiger partial charge < -0.3 is 21.3 Å². The third-order valence-corrected chi connectivity index (χ3v) is 6.43. The molecule has 3 aliphatic rings. The van der Waals surface area contributed by atoms with E-state index in [1.807, 2.05) is 0 Å². The molecule has 1 aliphatic heterocycles. The number of fused-ring (bicyclic) bond motifs is 4. The van der Waals surface area contributed by atoms with Gasteiger partial charge in [0.15, 0.2) is 0 Å². The highest BCUT2D eigenvalue weighted by molar-refractivity contribution is 5.12. The van der Waals surface area contributed by atoms with Crippen molar-refractivity contribution in [1.29, 1.82) is 0 Å². The fourth-order valence-corrected chi connectivity index (χ4v) is 4.95. The van der Waals surface area contributed by atoms with E-state index in [9.17, 15) is 0 Å². The van der Waals surface area contributed by atoms with Crippen molar-refractivity contribution in [2.75, 3.05) is 13.1 Å². The van der Waals surface area contributed by atoms with Crippen LogP contribution < -0.4 is 21.3 Å². The van der Waals surface area contributed by atoms with E-state index < -0.39 is 0 Å². The molecule has 1 aromatic rings. The molecular weight excluding hydrogens is 322 g/mol. The predicted octanol–water partition coefficient (Wildman–Crippen LogP) is 2.08. The summed E-state index contributed by atoms with van der Waals surface area (Å²) in [6.45, 7) is 3.89. The minimum absolute atomic E-state index is 0.569. The zero-order chi connectivity index (χ0) is 17.6. The van der Waals surface area contributed by atoms with Crippen molar-refractivity contribution in [3.8, 4) is 0 Å². The van der Waals surface area contributed by atoms with Gasteiger partial charge in [-0.1, -0.05) is 31.7 Å². The second-order valence-corrected chi connectivity index (χ2v) is 8.29. The molecule has 1 aromatic heterocycles. The van der Waals surface area contributed by atoms with Crippen molar-refractivity contribution in [2.45, 2.75) is 88.6 Å². The predicted molar refractivity (Wildman–Crippen MR) is 106 cm³/mol. The SMILES string of the molecule is c1cc2nc(c1)CN[C@@H]1CCCC[C@H]1NCCNC1CCCC[C@@H]1NC2. The molecule has 2 saturated carbocycles. The standard InChI is InChI=1S/C21H35N5/c1-3-10-20-18(8-1)22-12-13-23-19-9-2-4-11-21(19)25-15-17-7-5-6-16(26-17)14-24-20/h5-7,18-25H,1-4,8-15H2/t18-,19?,20-,21+/m1/s1. The molecule has 2 bridgehead atoms. The number of nitrogens with one attached hydrogen (secondary N) is 4. The van der Waals surface area contributed by atoms with Gasteiger partial charge in [-0.05, 0) is 37.8 Å². The van der Waals surface area contributed by atoms with Crippen LogP contribution in [0.25, 0.3) is 0 Å². The number of hydrogen-bond donors (Lipinski definition) is 4. The maximum Gasteiger partial charge on any atom is 0.0545 e. The van der Waals surface area contributed by atoms with Gasteiger partial charge in [-0.15, -0.1) is 0 Å². The Morgan fingerprint density at radius 2 is 1.04 bits per heavy atom. The van der Waals surface area contributed by atoms with Crippen LogP contribution in [0, 0.1) is 0 Å². The van der Waals surface area contributed by atoms with Gasteiger partial charge in [0.05, 0.1) is 11.4 Å². The smallest absolute Gasteiger partial charge is 0.0545 e. The first-order valence-electron chi connectivity index (χ1n) is 10.8. The average Bonchev–Trinajstić information content (AvgIpc) is 2.69. The fourth-order valence-electron chi connectivity index (χ4n) is 4.95. The van der Waals surface area contributed by atoms with E-state index in [4.69, 9.17) is 4.98 Å². The highest BCUT2D eigenvalue weighted by Crippen LogP contribution is 2.20. The van der Waals surface area contributed by atoms with Crippen molar-refractivity contribution in [1.82, 2.24) is 26.3 Å². The summed E-state index contributed by atoms with van der Waals surface area (Å²) >= 11 is 0. The lowest BCUT2D eigenvalue weighted by Crippen LogP contribution is -2.53. The molecule has 4 rings (SSSR count). The first kappa shape index (κ1) is 18.4. The van der Waals surface area contributed by atoms with Gasteiger partial charge in [-0.3, -0.25) is 4.98 Å². The topological polar surface area (TPSA) is 61.0 Å². The number of pyridine rings is 1. The average molecular weight is 358 g/mol. The Bertz CT molecular complexity index is 518. The van der Waals surface area contributed by atoms with Gasteiger partial charge in [-0.2, -0.15) is 0 Å². The van der Waals surface area contributed by atoms with Crippen LogP contribution in [0.1, 0.15) is 62.8 Å². The Morgan fingerprint density at radius 3 is 1.50 bits per heavy atom. The second kappa shape index (κ2) is 9.27. The molecule has 0 spiro atoms. The Kier molecular flexibility index (Phi) is 6.54. The summed E-state index contributed by atoms with van der Waals surface area (Å²) in [7, 11) is 0. The zero-order valence-electron chi connectivity index (χ0n) is 16.0. The summed E-state index contributed by atoms with van der Waals surface area (Å²) in [4.78, 5) is 4.89. The van der Waals surface area contributed by atoms with Crippen molar-refractivity contribution < 1.29 is 0 Å². The summed E-state index contributed by atoms with van der Waals surface area (Å²) in [5, 5.41) is 15.2. The van der Waals surface area contributed by atoms with E-state index in [2.05, 4.69) is 39.5 Å². The normalized spacial score (nSPS) is 34.0. The summed E-state index contributed by atoms with van der Waals surface area (Å²) in [5.41, 5.74) is 2.34. The largest absolute Gasteiger partial charge is 0.311 e. The van der Waals surface area contributed by atoms with Gasteiger partial charge in [-0.25, -0.2) is 0 Å². The monoisotopic (exact) mass is 357 g/mol. The lowest BCUT2D eigenvalue weighted by atomic mass is 9.89. The van der Waals surface area contributed by atoms with Crippen molar-refractivity contribution in [2.24, 2.45) is 0 Å². The molecular formula is C21H35N5. The Balaban J connectivity index is 1.47. The van der Waals surface area contributed by atoms with Crippen LogP contribution in [0.2, 0.25) is 0 Å². The van der Waals surface area contributed by atoms with E-state index in [1.54, 1.807) is 0 Å². The molecule has 4 atom stereocenters. The maximum absolute atomic E-state index is 4.89. The third-order valence-electron chi connectivity index (χ3n) is 6.43. The molecule has 4 N–H and O–H groups in total. The van der Waals surface area contributed by atoms with Crippen molar-refractivity contribution in [3.63, 3.8) is 0 Å². The maximum atomic E-state index is 4.89. The molecule has 1 unspecified atom stereocenters. The van der Waals surface area contributed by atoms with E-state index in [1.165, 1.54) is 62.8 Å². The van der Waals surface area contributed by atoms with Gasteiger partial charge in [0.25, 0.3) is 0 Å². The Labute approximate surface area is 158 Å². The molecule has 0 amide bonds. The minimum atomic E-state index is 0.569. The quantitative estimate of drug-likeness (QED) is 0.573. The van der Waals surface area contributed by atoms with E-state index in [0.29, 0.717) is 24.2 Å². The Hall–Kier alpha value is -1.01. The van der Waals surface area contributed by atoms with Gasteiger partial charge in [0, 0.05) is 50.3 Å². The Morgan fingerprint density at radius 1 is 0.615 bits per heavy atom. The molecule has 5 heteroatoms. The lowest BCUT2D eigenvalue weighted by Gasteiger charge is -2.34. The molecule has 0 aromatic carbocycles. The van der Waals surface area contributed by atoms with E-state index >= 15 is 0 Å². The first-order chi connectivity index (χ1) is 12.9. The third kappa shape index (κ3) is 4.83. The van der Waals surface area contributed by atoms with Gasteiger partial charge in [0.1, 0.15) is 0 Å². The van der Waals surface area contributed by atoms with E-state index in [-0.39, 0.29) is 0 Å². The minimum Gasteiger partial charge on any atom is -0.311 e. The molecule has 0 radical (unpaired) electrons. The molecule has 5 nitrogen and oxygen atoms in total. The molecule has 2 heterocycles. The molecule has 0 saturated heterocycles. The summed E-state index contributed by atoms with van der Waals surface area (Å²) in [5.74, 6) is 0. The molecule has 26 heavy (non-hydrogen) atoms. The second-order valence-electron chi connectivity index (χ2n) is 8.29. The van der Waals surface area contributed by atoms with Crippen LogP contribution in [0.3, 0.4) is 0 Å². The van der Waals surface area contributed by atoms with Crippen molar-refractivity contribution >= 4 is 0 Å². The van der Waals surface area contributed by atoms with Crippen LogP contribution in [0.5, 0.6) is 0 Å². The molecule has 2 aliphatic carbocycles. The van der Waals surface area contributed by atoms with Gasteiger partial charge in [0.2, 0.25) is 0 Å². The summed E-state index contributed by atoms with van der Waals surface area (Å²) in [6.07, 6.45) is 10.5. The summed E-state index contributed by atoms with van der Waals surface area (Å²) in [6, 6.07) is 8.81. The number of aromatic nitrogens is 1. The van der Waals surface area contributed by atoms with Gasteiger partial charge >= 0.3 is 0 Å². The number of rotatable bonds is 0. The fraction of sp³-hybridized carbons (Fsp3) is 0.762. The van der Waals surface area contributed by atoms with Crippen LogP contribution in [-0.2, 0) is 13.1 Å². The highest BCUT2D eigenvalue weighted by Gasteiger charge is 2.26. The van der Waals surface area contributed by atoms with Crippen molar-refractivity contribution in [3.05, 3.63) is 29.6 Å². The van der Waals surface area contributed by atoms with E-state index in [0.717, 1.165) is 26.2 Å². The molecule has 144 valence electrons. The van der Waals surface area contributed by atoms with Crippen LogP contribution in [0.4, 0.5) is 0 Å². The molecule has 2 fully saturated rings. The summed E-state index contributed by atoms with van der Waals surface area (Å²) < 4.78 is 0. The van der Waals surface area contributed by atoms with Crippen LogP contribution >= 0.6 is 0 Å².